The molecule has 47 heavy (non-hydrogen) atoms. The van der Waals surface area contributed by atoms with Crippen molar-refractivity contribution < 1.29 is 0 Å². The molecule has 0 fully saturated rings. The monoisotopic (exact) mass is 643 g/mol. The Hall–Kier alpha value is -2.22. The van der Waals surface area contributed by atoms with Crippen LogP contribution in [0.3, 0.4) is 0 Å². The predicted molar refractivity (Wildman–Crippen MR) is 210 cm³/mol. The molecule has 264 valence electrons. The molecule has 0 radical (unpaired) electrons. The fraction of sp³-hybridized carbons (Fsp3) is 0.689. The molecule has 0 saturated carbocycles. The molecule has 2 aromatic carbocycles. The quantitative estimate of drug-likeness (QED) is 0.0652. The van der Waals surface area contributed by atoms with Crippen molar-refractivity contribution in [2.75, 3.05) is 0 Å². The van der Waals surface area contributed by atoms with Gasteiger partial charge in [0.2, 0.25) is 0 Å². The largest absolute Gasteiger partial charge is 0.159 e. The van der Waals surface area contributed by atoms with E-state index in [1.54, 1.807) is 11.1 Å². The van der Waals surface area contributed by atoms with Crippen molar-refractivity contribution in [1.82, 2.24) is 0 Å². The van der Waals surface area contributed by atoms with Crippen molar-refractivity contribution in [2.45, 2.75) is 202 Å². The number of unbranched alkanes of at least 4 members (excludes halogenated alkanes) is 16. The zero-order valence-electron chi connectivity index (χ0n) is 32.0. The van der Waals surface area contributed by atoms with Crippen LogP contribution in [0.4, 0.5) is 5.69 Å². The molecule has 0 bridgehead atoms. The fourth-order valence-electron chi connectivity index (χ4n) is 7.05. The Labute approximate surface area is 292 Å². The van der Waals surface area contributed by atoms with Crippen LogP contribution in [0.2, 0.25) is 0 Å². The lowest BCUT2D eigenvalue weighted by Gasteiger charge is -2.17. The van der Waals surface area contributed by atoms with Gasteiger partial charge in [-0.2, -0.15) is 10.2 Å². The summed E-state index contributed by atoms with van der Waals surface area (Å²) in [5.41, 5.74) is 11.5. The molecular formula is C45H74N2. The molecule has 2 heteroatoms. The number of nitrogens with zero attached hydrogens (tertiary/aromatic N) is 2. The lowest BCUT2D eigenvalue weighted by molar-refractivity contribution is 0.597. The van der Waals surface area contributed by atoms with Crippen LogP contribution < -0.4 is 0 Å². The van der Waals surface area contributed by atoms with Crippen LogP contribution in [-0.2, 0) is 32.1 Å². The second-order valence-corrected chi connectivity index (χ2v) is 14.2. The summed E-state index contributed by atoms with van der Waals surface area (Å²) in [5, 5.41) is 9.42. The maximum Gasteiger partial charge on any atom is 0.0862 e. The summed E-state index contributed by atoms with van der Waals surface area (Å²) >= 11 is 0. The minimum atomic E-state index is 1.04. The van der Waals surface area contributed by atoms with Gasteiger partial charge in [-0.25, -0.2) is 0 Å². The summed E-state index contributed by atoms with van der Waals surface area (Å²) in [4.78, 5) is 0. The Morgan fingerprint density at radius 1 is 0.468 bits per heavy atom. The second kappa shape index (κ2) is 26.7. The summed E-state index contributed by atoms with van der Waals surface area (Å²) in [6.07, 6.45) is 36.6. The van der Waals surface area contributed by atoms with Crippen molar-refractivity contribution in [3.05, 3.63) is 69.4 Å². The lowest BCUT2D eigenvalue weighted by Crippen LogP contribution is -2.02. The highest BCUT2D eigenvalue weighted by Crippen LogP contribution is 2.29. The zero-order chi connectivity index (χ0) is 34.0. The van der Waals surface area contributed by atoms with Crippen LogP contribution in [0.25, 0.3) is 6.08 Å². The first kappa shape index (κ1) is 41.0. The van der Waals surface area contributed by atoms with Gasteiger partial charge in [0, 0.05) is 0 Å². The van der Waals surface area contributed by atoms with Gasteiger partial charge in [0.25, 0.3) is 0 Å². The smallest absolute Gasteiger partial charge is 0.0862 e. The molecule has 0 aliphatic carbocycles. The lowest BCUT2D eigenvalue weighted by atomic mass is 9.89. The van der Waals surface area contributed by atoms with Crippen molar-refractivity contribution in [2.24, 2.45) is 10.2 Å². The highest BCUT2D eigenvalue weighted by atomic mass is 15.1. The van der Waals surface area contributed by atoms with E-state index < -0.39 is 0 Å². The number of hydrogen-bond acceptors (Lipinski definition) is 2. The van der Waals surface area contributed by atoms with Gasteiger partial charge in [0.1, 0.15) is 0 Å². The molecule has 0 aliphatic heterocycles. The number of rotatable bonds is 28. The predicted octanol–water partition coefficient (Wildman–Crippen LogP) is 15.4. The molecular weight excluding hydrogens is 569 g/mol. The van der Waals surface area contributed by atoms with Gasteiger partial charge in [-0.15, -0.1) is 0 Å². The fourth-order valence-corrected chi connectivity index (χ4v) is 7.05. The molecule has 0 heterocycles. The molecule has 0 saturated heterocycles. The Morgan fingerprint density at radius 3 is 1.45 bits per heavy atom. The topological polar surface area (TPSA) is 24.7 Å². The highest BCUT2D eigenvalue weighted by molar-refractivity contribution is 5.54. The van der Waals surface area contributed by atoms with E-state index in [-0.39, 0.29) is 0 Å². The van der Waals surface area contributed by atoms with E-state index >= 15 is 0 Å². The van der Waals surface area contributed by atoms with E-state index in [4.69, 9.17) is 5.11 Å². The van der Waals surface area contributed by atoms with Crippen LogP contribution in [0.5, 0.6) is 0 Å². The van der Waals surface area contributed by atoms with Crippen molar-refractivity contribution in [1.29, 1.82) is 0 Å². The third-order valence-corrected chi connectivity index (χ3v) is 10.1. The van der Waals surface area contributed by atoms with Crippen LogP contribution in [0.15, 0.2) is 40.7 Å². The van der Waals surface area contributed by atoms with E-state index in [1.807, 2.05) is 6.20 Å². The Bertz CT molecular complexity index is 1140. The van der Waals surface area contributed by atoms with E-state index in [0.717, 1.165) is 18.5 Å². The van der Waals surface area contributed by atoms with Gasteiger partial charge in [-0.3, -0.25) is 0 Å². The molecule has 0 aliphatic rings. The molecule has 0 unspecified atom stereocenters. The first-order valence-corrected chi connectivity index (χ1v) is 20.4. The summed E-state index contributed by atoms with van der Waals surface area (Å²) in [6.45, 7) is 13.8. The number of benzene rings is 2. The van der Waals surface area contributed by atoms with Gasteiger partial charge in [-0.1, -0.05) is 149 Å². The summed E-state index contributed by atoms with van der Waals surface area (Å²) in [6, 6.07) is 9.49. The van der Waals surface area contributed by atoms with E-state index in [9.17, 15) is 0 Å². The Kier molecular flexibility index (Phi) is 23.3. The van der Waals surface area contributed by atoms with Gasteiger partial charge >= 0.3 is 0 Å². The summed E-state index contributed by atoms with van der Waals surface area (Å²) in [7, 11) is 0. The molecule has 0 atom stereocenters. The normalized spacial score (nSPS) is 11.9. The van der Waals surface area contributed by atoms with Crippen molar-refractivity contribution >= 4 is 11.8 Å². The molecule has 0 amide bonds. The zero-order valence-corrected chi connectivity index (χ0v) is 32.0. The molecule has 2 rings (SSSR count). The summed E-state index contributed by atoms with van der Waals surface area (Å²) in [5.74, 6) is 0. The Morgan fingerprint density at radius 2 is 0.915 bits per heavy atom. The second-order valence-electron chi connectivity index (χ2n) is 14.2. The molecule has 0 N–H and O–H groups in total. The number of hydrogen-bond donors (Lipinski definition) is 0. The third kappa shape index (κ3) is 17.1. The van der Waals surface area contributed by atoms with Gasteiger partial charge < -0.3 is 0 Å². The third-order valence-electron chi connectivity index (χ3n) is 10.1. The van der Waals surface area contributed by atoms with Crippen LogP contribution >= 0.6 is 0 Å². The average molecular weight is 643 g/mol. The van der Waals surface area contributed by atoms with E-state index in [2.05, 4.69) is 77.0 Å². The van der Waals surface area contributed by atoms with Gasteiger partial charge in [-0.05, 0) is 122 Å². The highest BCUT2D eigenvalue weighted by Gasteiger charge is 2.12. The van der Waals surface area contributed by atoms with Crippen molar-refractivity contribution in [3.63, 3.8) is 0 Å². The SMILES string of the molecule is CCCCCCCCc1cc(C=CN=Nc2cc(CCCC)c(CCCCCCCC)c(CCCCCCCC)c2)cc(CC)c1C. The van der Waals surface area contributed by atoms with E-state index in [0.29, 0.717) is 0 Å². The summed E-state index contributed by atoms with van der Waals surface area (Å²) < 4.78 is 0. The molecule has 0 spiro atoms. The minimum absolute atomic E-state index is 1.04. The molecule has 2 nitrogen and oxygen atoms in total. The maximum atomic E-state index is 4.80. The van der Waals surface area contributed by atoms with Crippen LogP contribution in [0.1, 0.15) is 202 Å². The first-order valence-electron chi connectivity index (χ1n) is 20.4. The Balaban J connectivity index is 2.21. The minimum Gasteiger partial charge on any atom is -0.159 e. The van der Waals surface area contributed by atoms with E-state index in [1.165, 1.54) is 175 Å². The number of aryl methyl sites for hydroxylation is 4. The van der Waals surface area contributed by atoms with Crippen LogP contribution in [-0.4, -0.2) is 0 Å². The molecule has 2 aromatic rings. The standard InChI is InChI=1S/C45H74N2/c1-7-12-16-19-22-25-29-41-35-39(34-40(11-5)38(41)6)32-33-46-47-44-36-42(28-15-10-4)45(31-27-24-21-18-14-9-3)43(37-44)30-26-23-20-17-13-8-2/h32-37H,7-31H2,1-6H3. The van der Waals surface area contributed by atoms with Gasteiger partial charge in [0.05, 0.1) is 11.9 Å². The van der Waals surface area contributed by atoms with Crippen molar-refractivity contribution in [3.8, 4) is 0 Å². The maximum absolute atomic E-state index is 4.80. The first-order chi connectivity index (χ1) is 23.1. The van der Waals surface area contributed by atoms with Gasteiger partial charge in [0.15, 0.2) is 0 Å². The van der Waals surface area contributed by atoms with Crippen LogP contribution in [0, 0.1) is 6.92 Å². The molecule has 0 aromatic heterocycles. The average Bonchev–Trinajstić information content (AvgIpc) is 3.08. The number of azo groups is 1.